The zero-order chi connectivity index (χ0) is 17.1. The monoisotopic (exact) mass is 329 g/mol. The van der Waals surface area contributed by atoms with E-state index < -0.39 is 0 Å². The number of nitriles is 1. The highest BCUT2D eigenvalue weighted by molar-refractivity contribution is 5.77. The van der Waals surface area contributed by atoms with E-state index in [-0.39, 0.29) is 11.6 Å². The highest BCUT2D eigenvalue weighted by Crippen LogP contribution is 2.28. The van der Waals surface area contributed by atoms with Gasteiger partial charge in [0.25, 0.3) is 5.89 Å². The van der Waals surface area contributed by atoms with Gasteiger partial charge in [0.15, 0.2) is 5.76 Å². The number of piperazine rings is 1. The number of likely N-dealkylation sites (N-methyl/N-ethyl adjacent to an activating group) is 1. The standard InChI is InChI=1S/C16H19N5O3/c1-19(2)14(22)11-20-5-7-21(8-6-20)16-12(10-17)18-15(24-16)13-4-3-9-23-13/h3-4,9H,5-8,11H2,1-2H3. The first-order valence-electron chi connectivity index (χ1n) is 7.70. The molecule has 2 aromatic rings. The van der Waals surface area contributed by atoms with Crippen LogP contribution in [0.5, 0.6) is 0 Å². The van der Waals surface area contributed by atoms with Crippen molar-refractivity contribution in [3.8, 4) is 17.7 Å². The van der Waals surface area contributed by atoms with Gasteiger partial charge in [0.05, 0.1) is 12.8 Å². The molecule has 1 fully saturated rings. The molecule has 126 valence electrons. The van der Waals surface area contributed by atoms with E-state index in [1.165, 1.54) is 6.26 Å². The van der Waals surface area contributed by atoms with E-state index in [2.05, 4.69) is 16.0 Å². The summed E-state index contributed by atoms with van der Waals surface area (Å²) in [6.45, 7) is 3.19. The summed E-state index contributed by atoms with van der Waals surface area (Å²) in [5, 5.41) is 9.30. The first kappa shape index (κ1) is 16.1. The quantitative estimate of drug-likeness (QED) is 0.827. The molecule has 0 saturated carbocycles. The maximum Gasteiger partial charge on any atom is 0.266 e. The molecule has 1 aliphatic rings. The highest BCUT2D eigenvalue weighted by atomic mass is 16.4. The van der Waals surface area contributed by atoms with E-state index in [0.717, 1.165) is 13.1 Å². The number of hydrogen-bond donors (Lipinski definition) is 0. The van der Waals surface area contributed by atoms with Crippen molar-refractivity contribution in [1.29, 1.82) is 5.26 Å². The SMILES string of the molecule is CN(C)C(=O)CN1CCN(c2oc(-c3ccco3)nc2C#N)CC1. The Morgan fingerprint density at radius 2 is 2.12 bits per heavy atom. The predicted molar refractivity (Wildman–Crippen MR) is 86.3 cm³/mol. The molecule has 8 nitrogen and oxygen atoms in total. The summed E-state index contributed by atoms with van der Waals surface area (Å²) in [5.74, 6) is 1.34. The highest BCUT2D eigenvalue weighted by Gasteiger charge is 2.26. The van der Waals surface area contributed by atoms with Crippen LogP contribution < -0.4 is 4.90 Å². The van der Waals surface area contributed by atoms with Crippen LogP contribution in [-0.2, 0) is 4.79 Å². The van der Waals surface area contributed by atoms with E-state index in [1.54, 1.807) is 31.1 Å². The fraction of sp³-hybridized carbons (Fsp3) is 0.438. The molecule has 0 aromatic carbocycles. The van der Waals surface area contributed by atoms with Crippen molar-refractivity contribution in [1.82, 2.24) is 14.8 Å². The minimum atomic E-state index is 0.0842. The Bertz CT molecular complexity index is 736. The van der Waals surface area contributed by atoms with E-state index in [4.69, 9.17) is 8.83 Å². The van der Waals surface area contributed by atoms with Crippen molar-refractivity contribution in [2.24, 2.45) is 0 Å². The van der Waals surface area contributed by atoms with E-state index in [1.807, 2.05) is 4.90 Å². The topological polar surface area (TPSA) is 89.8 Å². The molecule has 0 radical (unpaired) electrons. The average molecular weight is 329 g/mol. The Balaban J connectivity index is 1.68. The summed E-state index contributed by atoms with van der Waals surface area (Å²) in [5.41, 5.74) is 0.249. The zero-order valence-electron chi connectivity index (χ0n) is 13.7. The molecular weight excluding hydrogens is 310 g/mol. The second-order valence-electron chi connectivity index (χ2n) is 5.81. The number of amides is 1. The molecule has 3 rings (SSSR count). The number of furan rings is 1. The fourth-order valence-electron chi connectivity index (χ4n) is 2.55. The first-order chi connectivity index (χ1) is 11.6. The van der Waals surface area contributed by atoms with Gasteiger partial charge < -0.3 is 18.6 Å². The maximum atomic E-state index is 11.8. The Morgan fingerprint density at radius 1 is 1.38 bits per heavy atom. The number of oxazole rings is 1. The molecule has 1 saturated heterocycles. The number of carbonyl (C=O) groups is 1. The molecular formula is C16H19N5O3. The Labute approximate surface area is 139 Å². The van der Waals surface area contributed by atoms with Gasteiger partial charge in [0, 0.05) is 40.3 Å². The molecule has 0 N–H and O–H groups in total. The van der Waals surface area contributed by atoms with Crippen LogP contribution in [0.15, 0.2) is 27.2 Å². The van der Waals surface area contributed by atoms with Gasteiger partial charge in [-0.25, -0.2) is 0 Å². The molecule has 0 bridgehead atoms. The molecule has 8 heteroatoms. The fourth-order valence-corrected chi connectivity index (χ4v) is 2.55. The Hall–Kier alpha value is -2.79. The molecule has 0 atom stereocenters. The van der Waals surface area contributed by atoms with Gasteiger partial charge in [-0.2, -0.15) is 10.2 Å². The van der Waals surface area contributed by atoms with Gasteiger partial charge in [-0.15, -0.1) is 0 Å². The number of hydrogen-bond acceptors (Lipinski definition) is 7. The minimum Gasteiger partial charge on any atom is -0.459 e. The van der Waals surface area contributed by atoms with Gasteiger partial charge in [-0.1, -0.05) is 0 Å². The summed E-state index contributed by atoms with van der Waals surface area (Å²) in [6.07, 6.45) is 1.53. The molecule has 0 spiro atoms. The van der Waals surface area contributed by atoms with Crippen LogP contribution in [0.25, 0.3) is 11.7 Å². The van der Waals surface area contributed by atoms with E-state index in [0.29, 0.717) is 37.2 Å². The van der Waals surface area contributed by atoms with Gasteiger partial charge in [0.2, 0.25) is 17.5 Å². The number of anilines is 1. The number of nitrogens with zero attached hydrogens (tertiary/aromatic N) is 5. The van der Waals surface area contributed by atoms with Crippen LogP contribution in [-0.4, -0.2) is 67.5 Å². The van der Waals surface area contributed by atoms with E-state index in [9.17, 15) is 10.1 Å². The second-order valence-corrected chi connectivity index (χ2v) is 5.81. The molecule has 1 amide bonds. The first-order valence-corrected chi connectivity index (χ1v) is 7.70. The third-order valence-corrected chi connectivity index (χ3v) is 3.96. The van der Waals surface area contributed by atoms with Gasteiger partial charge >= 0.3 is 0 Å². The van der Waals surface area contributed by atoms with Crippen LogP contribution in [0.3, 0.4) is 0 Å². The second kappa shape index (κ2) is 6.76. The summed E-state index contributed by atoms with van der Waals surface area (Å²) in [6, 6.07) is 5.55. The lowest BCUT2D eigenvalue weighted by Gasteiger charge is -2.34. The number of carbonyl (C=O) groups excluding carboxylic acids is 1. The lowest BCUT2D eigenvalue weighted by molar-refractivity contribution is -0.129. The molecule has 1 aliphatic heterocycles. The van der Waals surface area contributed by atoms with Gasteiger partial charge in [-0.3, -0.25) is 9.69 Å². The third-order valence-electron chi connectivity index (χ3n) is 3.96. The summed E-state index contributed by atoms with van der Waals surface area (Å²) in [4.78, 5) is 21.6. The van der Waals surface area contributed by atoms with Crippen molar-refractivity contribution in [3.63, 3.8) is 0 Å². The normalized spacial score (nSPS) is 15.3. The van der Waals surface area contributed by atoms with Crippen LogP contribution >= 0.6 is 0 Å². The minimum absolute atomic E-state index is 0.0842. The van der Waals surface area contributed by atoms with Crippen molar-refractivity contribution < 1.29 is 13.6 Å². The smallest absolute Gasteiger partial charge is 0.266 e. The summed E-state index contributed by atoms with van der Waals surface area (Å²) >= 11 is 0. The van der Waals surface area contributed by atoms with Crippen LogP contribution in [0.1, 0.15) is 5.69 Å². The van der Waals surface area contributed by atoms with Crippen LogP contribution in [0, 0.1) is 11.3 Å². The Morgan fingerprint density at radius 3 is 2.71 bits per heavy atom. The van der Waals surface area contributed by atoms with Crippen LogP contribution in [0.4, 0.5) is 5.88 Å². The zero-order valence-corrected chi connectivity index (χ0v) is 13.7. The van der Waals surface area contributed by atoms with Gasteiger partial charge in [-0.05, 0) is 12.1 Å². The van der Waals surface area contributed by atoms with Gasteiger partial charge in [0.1, 0.15) is 6.07 Å². The van der Waals surface area contributed by atoms with Crippen LogP contribution in [0.2, 0.25) is 0 Å². The van der Waals surface area contributed by atoms with Crippen molar-refractivity contribution in [2.45, 2.75) is 0 Å². The maximum absolute atomic E-state index is 11.8. The summed E-state index contributed by atoms with van der Waals surface area (Å²) < 4.78 is 11.0. The van der Waals surface area contributed by atoms with Crippen molar-refractivity contribution >= 4 is 11.8 Å². The molecule has 0 aliphatic carbocycles. The lowest BCUT2D eigenvalue weighted by Crippen LogP contribution is -2.49. The largest absolute Gasteiger partial charge is 0.459 e. The summed E-state index contributed by atoms with van der Waals surface area (Å²) in [7, 11) is 3.50. The number of rotatable bonds is 4. The number of aromatic nitrogens is 1. The predicted octanol–water partition coefficient (Wildman–Crippen LogP) is 1.02. The average Bonchev–Trinajstić information content (AvgIpc) is 3.24. The van der Waals surface area contributed by atoms with Crippen molar-refractivity contribution in [2.75, 3.05) is 51.7 Å². The van der Waals surface area contributed by atoms with E-state index >= 15 is 0 Å². The van der Waals surface area contributed by atoms with Crippen molar-refractivity contribution in [3.05, 3.63) is 24.1 Å². The lowest BCUT2D eigenvalue weighted by atomic mass is 10.3. The third kappa shape index (κ3) is 3.26. The molecule has 2 aromatic heterocycles. The molecule has 24 heavy (non-hydrogen) atoms. The molecule has 0 unspecified atom stereocenters. The Kier molecular flexibility index (Phi) is 4.53. The molecule has 3 heterocycles.